The van der Waals surface area contributed by atoms with Crippen molar-refractivity contribution in [2.24, 2.45) is 5.92 Å². The van der Waals surface area contributed by atoms with Crippen LogP contribution in [0.25, 0.3) is 0 Å². The second kappa shape index (κ2) is 5.62. The Hall–Kier alpha value is -0.0100. The minimum absolute atomic E-state index is 0.812. The van der Waals surface area contributed by atoms with Gasteiger partial charge in [-0.3, -0.25) is 0 Å². The molecule has 1 rings (SSSR count). The van der Waals surface area contributed by atoms with Gasteiger partial charge in [0.05, 0.1) is 0 Å². The molecule has 0 aromatic carbocycles. The van der Waals surface area contributed by atoms with Gasteiger partial charge < -0.3 is 5.32 Å². The first-order valence-corrected chi connectivity index (χ1v) is 4.83. The van der Waals surface area contributed by atoms with Gasteiger partial charge >= 0.3 is 0 Å². The first kappa shape index (κ1) is 9.08. The van der Waals surface area contributed by atoms with Gasteiger partial charge in [-0.25, -0.2) is 0 Å². The zero-order chi connectivity index (χ0) is 7.94. The van der Waals surface area contributed by atoms with Gasteiger partial charge in [-0.2, -0.15) is 0 Å². The van der Waals surface area contributed by atoms with Crippen molar-refractivity contribution in [3.8, 4) is 0 Å². The van der Waals surface area contributed by atoms with Crippen LogP contribution >= 0.6 is 11.6 Å². The topological polar surface area (TPSA) is 12.0 Å². The van der Waals surface area contributed by atoms with E-state index in [1.807, 2.05) is 0 Å². The van der Waals surface area contributed by atoms with Gasteiger partial charge in [0, 0.05) is 5.54 Å². The minimum atomic E-state index is 0.812. The van der Waals surface area contributed by atoms with Gasteiger partial charge in [-0.15, -0.1) is 0 Å². The van der Waals surface area contributed by atoms with Crippen LogP contribution in [0.2, 0.25) is 0 Å². The predicted octanol–water partition coefficient (Wildman–Crippen LogP) is 2.52. The Kier molecular flexibility index (Phi) is 4.64. The van der Waals surface area contributed by atoms with Gasteiger partial charge in [0.2, 0.25) is 0 Å². The molecule has 0 aromatic rings. The molecular formula is C9H16ClN. The summed E-state index contributed by atoms with van der Waals surface area (Å²) in [5.74, 6) is 0.812. The van der Waals surface area contributed by atoms with Crippen molar-refractivity contribution in [2.75, 3.05) is 13.1 Å². The molecule has 0 aliphatic carbocycles. The molecule has 0 spiro atoms. The molecule has 1 saturated heterocycles. The van der Waals surface area contributed by atoms with Gasteiger partial charge in [0.25, 0.3) is 0 Å². The Morgan fingerprint density at radius 2 is 2.36 bits per heavy atom. The van der Waals surface area contributed by atoms with Crippen molar-refractivity contribution >= 4 is 11.6 Å². The van der Waals surface area contributed by atoms with Crippen LogP contribution < -0.4 is 5.32 Å². The number of hydrogen-bond donors (Lipinski definition) is 1. The minimum Gasteiger partial charge on any atom is -0.316 e. The summed E-state index contributed by atoms with van der Waals surface area (Å²) in [6, 6.07) is 0. The van der Waals surface area contributed by atoms with E-state index < -0.39 is 0 Å². The van der Waals surface area contributed by atoms with Crippen molar-refractivity contribution < 1.29 is 0 Å². The van der Waals surface area contributed by atoms with E-state index in [2.05, 4.69) is 11.4 Å². The molecule has 1 fully saturated rings. The Balaban J connectivity index is 2.19. The first-order chi connectivity index (χ1) is 5.43. The molecule has 1 aliphatic rings. The predicted molar refractivity (Wildman–Crippen MR) is 49.8 cm³/mol. The quantitative estimate of drug-likeness (QED) is 0.677. The molecule has 0 amide bonds. The fraction of sp³-hybridized carbons (Fsp3) is 0.778. The Bertz CT molecular complexity index is 115. The van der Waals surface area contributed by atoms with Crippen LogP contribution in [-0.2, 0) is 0 Å². The number of rotatable bonds is 2. The summed E-state index contributed by atoms with van der Waals surface area (Å²) in [6.45, 7) is 2.36. The van der Waals surface area contributed by atoms with Crippen LogP contribution in [-0.4, -0.2) is 13.1 Å². The first-order valence-electron chi connectivity index (χ1n) is 4.39. The largest absolute Gasteiger partial charge is 0.316 e. The van der Waals surface area contributed by atoms with E-state index in [9.17, 15) is 0 Å². The van der Waals surface area contributed by atoms with Crippen LogP contribution in [0.1, 0.15) is 25.7 Å². The lowest BCUT2D eigenvalue weighted by Crippen LogP contribution is -2.19. The molecule has 1 aliphatic heterocycles. The third kappa shape index (κ3) is 3.78. The van der Waals surface area contributed by atoms with Crippen LogP contribution in [0.5, 0.6) is 0 Å². The molecule has 0 aromatic heterocycles. The Morgan fingerprint density at radius 3 is 3.18 bits per heavy atom. The number of allylic oxidation sites excluding steroid dienone is 1. The van der Waals surface area contributed by atoms with Gasteiger partial charge in [-0.05, 0) is 38.3 Å². The smallest absolute Gasteiger partial charge is 0.000256 e. The second-order valence-corrected chi connectivity index (χ2v) is 3.42. The van der Waals surface area contributed by atoms with Gasteiger partial charge in [0.15, 0.2) is 0 Å². The van der Waals surface area contributed by atoms with Gasteiger partial charge in [-0.1, -0.05) is 24.1 Å². The lowest BCUT2D eigenvalue weighted by atomic mass is 10.0. The summed E-state index contributed by atoms with van der Waals surface area (Å²) in [7, 11) is 0. The Morgan fingerprint density at radius 1 is 1.45 bits per heavy atom. The molecule has 64 valence electrons. The molecule has 1 nitrogen and oxygen atoms in total. The van der Waals surface area contributed by atoms with Crippen LogP contribution in [0.15, 0.2) is 11.6 Å². The summed E-state index contributed by atoms with van der Waals surface area (Å²) in [5.41, 5.74) is 1.63. The Labute approximate surface area is 73.8 Å². The van der Waals surface area contributed by atoms with E-state index in [4.69, 9.17) is 11.6 Å². The lowest BCUT2D eigenvalue weighted by molar-refractivity contribution is 0.486. The van der Waals surface area contributed by atoms with Crippen molar-refractivity contribution in [3.05, 3.63) is 11.6 Å². The third-order valence-corrected chi connectivity index (χ3v) is 2.39. The van der Waals surface area contributed by atoms with E-state index in [-0.39, 0.29) is 0 Å². The maximum Gasteiger partial charge on any atom is 0.000256 e. The van der Waals surface area contributed by atoms with Crippen LogP contribution in [0.3, 0.4) is 0 Å². The number of nitrogens with one attached hydrogen (secondary N) is 1. The van der Waals surface area contributed by atoms with E-state index in [1.165, 1.54) is 32.4 Å². The average Bonchev–Trinajstić information content (AvgIpc) is 2.28. The molecular weight excluding hydrogens is 158 g/mol. The zero-order valence-electron chi connectivity index (χ0n) is 6.85. The standard InChI is InChI=1S/C9H16ClN/c10-6-3-5-9-4-1-2-7-11-8-9/h3,6,9,11H,1-2,4-5,7-8H2/b6-3+. The molecule has 0 saturated carbocycles. The SMILES string of the molecule is Cl/C=C/CC1CCCCNC1. The second-order valence-electron chi connectivity index (χ2n) is 3.16. The summed E-state index contributed by atoms with van der Waals surface area (Å²) < 4.78 is 0. The maximum atomic E-state index is 5.46. The third-order valence-electron chi connectivity index (χ3n) is 2.21. The highest BCUT2D eigenvalue weighted by molar-refractivity contribution is 6.25. The van der Waals surface area contributed by atoms with E-state index in [1.54, 1.807) is 5.54 Å². The zero-order valence-corrected chi connectivity index (χ0v) is 7.61. The molecule has 2 heteroatoms. The van der Waals surface area contributed by atoms with Gasteiger partial charge in [0.1, 0.15) is 0 Å². The monoisotopic (exact) mass is 173 g/mol. The van der Waals surface area contributed by atoms with Crippen LogP contribution in [0.4, 0.5) is 0 Å². The molecule has 1 atom stereocenters. The maximum absolute atomic E-state index is 5.46. The van der Waals surface area contributed by atoms with Crippen molar-refractivity contribution in [2.45, 2.75) is 25.7 Å². The average molecular weight is 174 g/mol. The molecule has 1 unspecified atom stereocenters. The molecule has 1 N–H and O–H groups in total. The van der Waals surface area contributed by atoms with Crippen molar-refractivity contribution in [1.29, 1.82) is 0 Å². The summed E-state index contributed by atoms with van der Waals surface area (Å²) in [4.78, 5) is 0. The highest BCUT2D eigenvalue weighted by Crippen LogP contribution is 2.15. The van der Waals surface area contributed by atoms with Crippen molar-refractivity contribution in [3.63, 3.8) is 0 Å². The summed E-state index contributed by atoms with van der Waals surface area (Å²) in [5, 5.41) is 3.43. The molecule has 11 heavy (non-hydrogen) atoms. The molecule has 1 heterocycles. The van der Waals surface area contributed by atoms with E-state index >= 15 is 0 Å². The lowest BCUT2D eigenvalue weighted by Gasteiger charge is -2.10. The highest BCUT2D eigenvalue weighted by atomic mass is 35.5. The summed E-state index contributed by atoms with van der Waals surface area (Å²) in [6.07, 6.45) is 7.25. The molecule has 0 radical (unpaired) electrons. The normalized spacial score (nSPS) is 27.2. The van der Waals surface area contributed by atoms with Crippen LogP contribution in [0, 0.1) is 5.92 Å². The van der Waals surface area contributed by atoms with E-state index in [0.717, 1.165) is 12.3 Å². The van der Waals surface area contributed by atoms with Crippen molar-refractivity contribution in [1.82, 2.24) is 5.32 Å². The van der Waals surface area contributed by atoms with E-state index in [0.29, 0.717) is 0 Å². The highest BCUT2D eigenvalue weighted by Gasteiger charge is 2.09. The summed E-state index contributed by atoms with van der Waals surface area (Å²) >= 11 is 5.46. The molecule has 0 bridgehead atoms. The number of halogens is 1. The number of hydrogen-bond acceptors (Lipinski definition) is 1. The fourth-order valence-electron chi connectivity index (χ4n) is 1.54. The fourth-order valence-corrected chi connectivity index (χ4v) is 1.64.